The van der Waals surface area contributed by atoms with Crippen LogP contribution in [0.4, 0.5) is 17.1 Å². The molecule has 0 aliphatic heterocycles. The summed E-state index contributed by atoms with van der Waals surface area (Å²) < 4.78 is 7.08. The molecular weight excluding hydrogens is 709 g/mol. The number of benzene rings is 9. The Morgan fingerprint density at radius 1 is 0.328 bits per heavy atom. The number of hydrogen-bond acceptors (Lipinski definition) is 5. The summed E-state index contributed by atoms with van der Waals surface area (Å²) in [5, 5.41) is 6.62. The summed E-state index contributed by atoms with van der Waals surface area (Å²) in [6.45, 7) is 0. The Morgan fingerprint density at radius 2 is 0.845 bits per heavy atom. The van der Waals surface area contributed by atoms with Gasteiger partial charge in [0, 0.05) is 44.2 Å². The van der Waals surface area contributed by atoms with Crippen molar-refractivity contribution in [3.05, 3.63) is 206 Å². The van der Waals surface area contributed by atoms with Crippen LogP contribution < -0.4 is 4.90 Å². The lowest BCUT2D eigenvalue weighted by Gasteiger charge is -2.27. The fourth-order valence-electron chi connectivity index (χ4n) is 8.01. The molecule has 0 aliphatic rings. The van der Waals surface area contributed by atoms with Crippen molar-refractivity contribution in [2.45, 2.75) is 0 Å². The molecule has 5 nitrogen and oxygen atoms in total. The third kappa shape index (κ3) is 5.94. The minimum atomic E-state index is 0.580. The van der Waals surface area contributed by atoms with E-state index < -0.39 is 0 Å². The maximum absolute atomic E-state index is 7.08. The van der Waals surface area contributed by atoms with E-state index in [2.05, 4.69) is 150 Å². The van der Waals surface area contributed by atoms with Crippen LogP contribution in [-0.4, -0.2) is 15.0 Å². The van der Waals surface area contributed by atoms with Crippen molar-refractivity contribution in [2.75, 3.05) is 4.90 Å². The summed E-state index contributed by atoms with van der Waals surface area (Å²) in [6, 6.07) is 71.7. The van der Waals surface area contributed by atoms with Gasteiger partial charge in [-0.1, -0.05) is 164 Å². The number of anilines is 3. The molecule has 0 radical (unpaired) electrons. The van der Waals surface area contributed by atoms with Crippen LogP contribution in [0.2, 0.25) is 0 Å². The van der Waals surface area contributed by atoms with Crippen molar-refractivity contribution < 1.29 is 4.42 Å². The zero-order valence-electron chi connectivity index (χ0n) is 31.3. The van der Waals surface area contributed by atoms with Gasteiger partial charge in [-0.3, -0.25) is 0 Å². The van der Waals surface area contributed by atoms with Crippen molar-refractivity contribution in [3.8, 4) is 45.3 Å². The number of aromatic nitrogens is 3. The third-order valence-electron chi connectivity index (χ3n) is 10.9. The lowest BCUT2D eigenvalue weighted by molar-refractivity contribution is 0.669. The van der Waals surface area contributed by atoms with E-state index in [1.807, 2.05) is 60.7 Å². The standard InChI is InChI=1S/C53H34N4O/c1-4-14-35(15-5-1)37-24-28-43(29-25-37)57(44-30-26-36-16-10-11-21-40(36)32-44)49-45-23-13-12-22-41(45)33-47-46-31-27-42(34-48(46)58-50(47)49)53-55-51(38-17-6-2-7-18-38)54-52(56-53)39-19-8-3-9-20-39/h1-34H. The molecule has 9 aromatic carbocycles. The summed E-state index contributed by atoms with van der Waals surface area (Å²) in [6.07, 6.45) is 0. The average molecular weight is 743 g/mol. The van der Waals surface area contributed by atoms with Gasteiger partial charge in [-0.05, 0) is 69.8 Å². The van der Waals surface area contributed by atoms with Gasteiger partial charge in [-0.15, -0.1) is 0 Å². The van der Waals surface area contributed by atoms with Crippen LogP contribution in [0.15, 0.2) is 211 Å². The molecule has 0 amide bonds. The summed E-state index contributed by atoms with van der Waals surface area (Å²) in [5.41, 5.74) is 9.64. The second-order valence-electron chi connectivity index (χ2n) is 14.5. The highest BCUT2D eigenvalue weighted by molar-refractivity contribution is 6.19. The van der Waals surface area contributed by atoms with Gasteiger partial charge in [-0.25, -0.2) is 15.0 Å². The van der Waals surface area contributed by atoms with Crippen molar-refractivity contribution in [1.29, 1.82) is 0 Å². The fraction of sp³-hybridized carbons (Fsp3) is 0. The van der Waals surface area contributed by atoms with Gasteiger partial charge in [0.2, 0.25) is 0 Å². The van der Waals surface area contributed by atoms with Crippen LogP contribution in [-0.2, 0) is 0 Å². The molecule has 11 rings (SSSR count). The highest BCUT2D eigenvalue weighted by atomic mass is 16.3. The minimum Gasteiger partial charge on any atom is -0.454 e. The molecule has 0 bridgehead atoms. The van der Waals surface area contributed by atoms with Gasteiger partial charge in [0.25, 0.3) is 0 Å². The Kier molecular flexibility index (Phi) is 8.07. The van der Waals surface area contributed by atoms with Crippen molar-refractivity contribution >= 4 is 60.5 Å². The predicted molar refractivity (Wildman–Crippen MR) is 239 cm³/mol. The maximum Gasteiger partial charge on any atom is 0.164 e. The number of fused-ring (bicyclic) bond motifs is 5. The molecule has 11 aromatic rings. The van der Waals surface area contributed by atoms with Crippen LogP contribution in [0, 0.1) is 0 Å². The average Bonchev–Trinajstić information content (AvgIpc) is 3.67. The van der Waals surface area contributed by atoms with Crippen LogP contribution in [0.5, 0.6) is 0 Å². The van der Waals surface area contributed by atoms with Gasteiger partial charge in [0.15, 0.2) is 23.1 Å². The molecule has 0 spiro atoms. The molecule has 272 valence electrons. The van der Waals surface area contributed by atoms with Gasteiger partial charge in [0.05, 0.1) is 5.69 Å². The monoisotopic (exact) mass is 742 g/mol. The van der Waals surface area contributed by atoms with Gasteiger partial charge in [0.1, 0.15) is 5.58 Å². The summed E-state index contributed by atoms with van der Waals surface area (Å²) in [4.78, 5) is 17.3. The summed E-state index contributed by atoms with van der Waals surface area (Å²) >= 11 is 0. The SMILES string of the molecule is c1ccc(-c2ccc(N(c3ccc4ccccc4c3)c3c4ccccc4cc4c3oc3cc(-c5nc(-c6ccccc6)nc(-c6ccccc6)n5)ccc34)cc2)cc1. The third-order valence-corrected chi connectivity index (χ3v) is 10.9. The fourth-order valence-corrected chi connectivity index (χ4v) is 8.01. The Balaban J connectivity index is 1.13. The minimum absolute atomic E-state index is 0.580. The van der Waals surface area contributed by atoms with E-state index in [1.54, 1.807) is 0 Å². The smallest absolute Gasteiger partial charge is 0.164 e. The second-order valence-corrected chi connectivity index (χ2v) is 14.5. The number of furan rings is 1. The van der Waals surface area contributed by atoms with Crippen molar-refractivity contribution in [1.82, 2.24) is 15.0 Å². The molecule has 0 aliphatic carbocycles. The number of rotatable bonds is 7. The van der Waals surface area contributed by atoms with E-state index in [9.17, 15) is 0 Å². The topological polar surface area (TPSA) is 55.1 Å². The first-order chi connectivity index (χ1) is 28.7. The lowest BCUT2D eigenvalue weighted by atomic mass is 10.0. The van der Waals surface area contributed by atoms with E-state index >= 15 is 0 Å². The Labute approximate surface area is 335 Å². The van der Waals surface area contributed by atoms with Gasteiger partial charge >= 0.3 is 0 Å². The highest BCUT2D eigenvalue weighted by Crippen LogP contribution is 2.47. The molecular formula is C53H34N4O. The Bertz CT molecular complexity index is 3210. The van der Waals surface area contributed by atoms with Crippen LogP contribution in [0.25, 0.3) is 88.8 Å². The largest absolute Gasteiger partial charge is 0.454 e. The normalized spacial score (nSPS) is 11.4. The molecule has 0 atom stereocenters. The molecule has 0 saturated carbocycles. The zero-order chi connectivity index (χ0) is 38.4. The van der Waals surface area contributed by atoms with E-state index in [4.69, 9.17) is 19.4 Å². The molecule has 0 N–H and O–H groups in total. The highest BCUT2D eigenvalue weighted by Gasteiger charge is 2.24. The quantitative estimate of drug-likeness (QED) is 0.163. The Hall–Kier alpha value is -7.89. The van der Waals surface area contributed by atoms with Crippen LogP contribution in [0.3, 0.4) is 0 Å². The number of hydrogen-bond donors (Lipinski definition) is 0. The van der Waals surface area contributed by atoms with Crippen molar-refractivity contribution in [2.24, 2.45) is 0 Å². The molecule has 0 saturated heterocycles. The maximum atomic E-state index is 7.08. The van der Waals surface area contributed by atoms with Gasteiger partial charge in [-0.2, -0.15) is 0 Å². The zero-order valence-corrected chi connectivity index (χ0v) is 31.3. The molecule has 58 heavy (non-hydrogen) atoms. The predicted octanol–water partition coefficient (Wildman–Crippen LogP) is 14.2. The second kappa shape index (κ2) is 14.0. The van der Waals surface area contributed by atoms with Crippen LogP contribution in [0.1, 0.15) is 0 Å². The van der Waals surface area contributed by atoms with E-state index in [-0.39, 0.29) is 0 Å². The van der Waals surface area contributed by atoms with E-state index in [0.29, 0.717) is 17.5 Å². The van der Waals surface area contributed by atoms with Crippen molar-refractivity contribution in [3.63, 3.8) is 0 Å². The lowest BCUT2D eigenvalue weighted by Crippen LogP contribution is -2.11. The molecule has 2 heterocycles. The first kappa shape index (κ1) is 33.4. The molecule has 2 aromatic heterocycles. The van der Waals surface area contributed by atoms with E-state index in [1.165, 1.54) is 16.3 Å². The first-order valence-corrected chi connectivity index (χ1v) is 19.4. The molecule has 0 fully saturated rings. The summed E-state index contributed by atoms with van der Waals surface area (Å²) in [5.74, 6) is 1.82. The van der Waals surface area contributed by atoms with Gasteiger partial charge < -0.3 is 9.32 Å². The van der Waals surface area contributed by atoms with Crippen LogP contribution >= 0.6 is 0 Å². The summed E-state index contributed by atoms with van der Waals surface area (Å²) in [7, 11) is 0. The van der Waals surface area contributed by atoms with E-state index in [0.717, 1.165) is 72.0 Å². The molecule has 5 heteroatoms. The number of nitrogens with zero attached hydrogens (tertiary/aromatic N) is 4. The first-order valence-electron chi connectivity index (χ1n) is 19.4. The Morgan fingerprint density at radius 3 is 1.52 bits per heavy atom. The molecule has 0 unspecified atom stereocenters.